The van der Waals surface area contributed by atoms with Gasteiger partial charge >= 0.3 is 5.97 Å². The summed E-state index contributed by atoms with van der Waals surface area (Å²) in [5, 5.41) is 20.2. The molecule has 0 radical (unpaired) electrons. The van der Waals surface area contributed by atoms with E-state index >= 15 is 4.39 Å². The average molecular weight is 666 g/mol. The zero-order valence-corrected chi connectivity index (χ0v) is 25.9. The molecule has 2 N–H and O–H groups in total. The normalized spacial score (nSPS) is 13.6. The molecule has 4 aromatic carbocycles. The predicted molar refractivity (Wildman–Crippen MR) is 180 cm³/mol. The minimum atomic E-state index is -1.45. The summed E-state index contributed by atoms with van der Waals surface area (Å²) in [6.07, 6.45) is 1.17. The number of benzene rings is 4. The summed E-state index contributed by atoms with van der Waals surface area (Å²) in [5.74, 6) is -2.12. The monoisotopic (exact) mass is 665 g/mol. The Hall–Kier alpha value is -6.01. The lowest BCUT2D eigenvalue weighted by Crippen LogP contribution is -2.47. The van der Waals surface area contributed by atoms with Crippen molar-refractivity contribution in [3.05, 3.63) is 129 Å². The Morgan fingerprint density at radius 3 is 2.35 bits per heavy atom. The van der Waals surface area contributed by atoms with E-state index < -0.39 is 28.6 Å². The van der Waals surface area contributed by atoms with Crippen LogP contribution in [0.25, 0.3) is 38.9 Å². The number of pyridine rings is 1. The highest BCUT2D eigenvalue weighted by Crippen LogP contribution is 2.32. The molecule has 1 aliphatic rings. The molecule has 0 spiro atoms. The Morgan fingerprint density at radius 1 is 0.898 bits per heavy atom. The summed E-state index contributed by atoms with van der Waals surface area (Å²) in [7, 11) is 0. The third-order valence-corrected chi connectivity index (χ3v) is 8.64. The van der Waals surface area contributed by atoms with Crippen molar-refractivity contribution in [3.63, 3.8) is 0 Å². The van der Waals surface area contributed by atoms with E-state index in [1.165, 1.54) is 53.2 Å². The number of carboxylic acid groups (broad SMARTS) is 1. The molecule has 2 aromatic heterocycles. The number of halogens is 2. The van der Waals surface area contributed by atoms with Crippen LogP contribution in [0.5, 0.6) is 11.5 Å². The van der Waals surface area contributed by atoms with Crippen molar-refractivity contribution >= 4 is 33.5 Å². The zero-order chi connectivity index (χ0) is 34.2. The van der Waals surface area contributed by atoms with E-state index in [0.29, 0.717) is 55.4 Å². The molecule has 0 saturated carbocycles. The first-order valence-corrected chi connectivity index (χ1v) is 15.5. The predicted octanol–water partition coefficient (Wildman–Crippen LogP) is 5.65. The number of phenols is 1. The van der Waals surface area contributed by atoms with E-state index in [9.17, 15) is 29.0 Å². The van der Waals surface area contributed by atoms with Crippen LogP contribution in [0.15, 0.2) is 105 Å². The Balaban J connectivity index is 1.06. The van der Waals surface area contributed by atoms with Gasteiger partial charge < -0.3 is 28.8 Å². The number of aromatic nitrogens is 1. The number of nitrogens with zero attached hydrogens (tertiary/aromatic N) is 3. The first-order valence-electron chi connectivity index (χ1n) is 15.5. The van der Waals surface area contributed by atoms with Gasteiger partial charge in [-0.2, -0.15) is 0 Å². The molecule has 6 aromatic rings. The minimum Gasteiger partial charge on any atom is -0.507 e. The van der Waals surface area contributed by atoms with Crippen LogP contribution in [0.2, 0.25) is 0 Å². The smallest absolute Gasteiger partial charge is 0.341 e. The van der Waals surface area contributed by atoms with Crippen LogP contribution < -0.4 is 20.5 Å². The first kappa shape index (κ1) is 31.6. The summed E-state index contributed by atoms with van der Waals surface area (Å²) in [4.78, 5) is 41.5. The number of ether oxygens (including phenoxy) is 1. The molecule has 1 saturated heterocycles. The molecule has 1 aliphatic heterocycles. The average Bonchev–Trinajstić information content (AvgIpc) is 3.09. The van der Waals surface area contributed by atoms with Gasteiger partial charge in [-0.05, 0) is 36.4 Å². The number of aromatic carboxylic acids is 1. The third-order valence-electron chi connectivity index (χ3n) is 8.64. The number of fused-ring (bicyclic) bond motifs is 2. The van der Waals surface area contributed by atoms with Crippen molar-refractivity contribution in [2.75, 3.05) is 44.2 Å². The third kappa shape index (κ3) is 6.21. The molecule has 0 atom stereocenters. The molecule has 0 amide bonds. The van der Waals surface area contributed by atoms with Crippen molar-refractivity contribution in [1.82, 2.24) is 9.47 Å². The van der Waals surface area contributed by atoms with Gasteiger partial charge in [-0.25, -0.2) is 13.6 Å². The topological polar surface area (TPSA) is 125 Å². The van der Waals surface area contributed by atoms with Gasteiger partial charge in [-0.3, -0.25) is 14.5 Å². The van der Waals surface area contributed by atoms with Crippen LogP contribution in [0, 0.1) is 11.6 Å². The van der Waals surface area contributed by atoms with E-state index in [1.54, 1.807) is 6.07 Å². The van der Waals surface area contributed by atoms with E-state index in [2.05, 4.69) is 4.90 Å². The fraction of sp³-hybridized carbons (Fsp3) is 0.162. The maximum absolute atomic E-state index is 15.5. The lowest BCUT2D eigenvalue weighted by molar-refractivity contribution is 0.0695. The molecule has 7 rings (SSSR count). The second-order valence-corrected chi connectivity index (χ2v) is 11.7. The van der Waals surface area contributed by atoms with Gasteiger partial charge in [0, 0.05) is 73.8 Å². The van der Waals surface area contributed by atoms with Gasteiger partial charge in [0.15, 0.2) is 5.43 Å². The number of hydrogen-bond donors (Lipinski definition) is 2. The molecule has 49 heavy (non-hydrogen) atoms. The Kier molecular flexibility index (Phi) is 8.31. The van der Waals surface area contributed by atoms with Gasteiger partial charge in [0.1, 0.15) is 52.0 Å². The SMILES string of the molecule is O=C(O)c1cn(-c2ccc(F)cc2)c2cc(N3CCN(CCOc4cc(O)c5c(=O)cc(-c6ccccc6)oc5c4)CC3)c(F)cc2c1=O. The van der Waals surface area contributed by atoms with Crippen LogP contribution in [0.3, 0.4) is 0 Å². The molecule has 10 nitrogen and oxygen atoms in total. The molecule has 3 heterocycles. The van der Waals surface area contributed by atoms with Gasteiger partial charge in [0.05, 0.1) is 11.2 Å². The molecule has 0 aliphatic carbocycles. The Bertz CT molecular complexity index is 2330. The van der Waals surface area contributed by atoms with E-state index in [-0.39, 0.29) is 39.8 Å². The number of piperazine rings is 1. The first-order chi connectivity index (χ1) is 23.7. The minimum absolute atomic E-state index is 0.0704. The lowest BCUT2D eigenvalue weighted by atomic mass is 10.1. The highest BCUT2D eigenvalue weighted by atomic mass is 19.1. The van der Waals surface area contributed by atoms with Crippen molar-refractivity contribution in [2.24, 2.45) is 0 Å². The summed E-state index contributed by atoms with van der Waals surface area (Å²) >= 11 is 0. The summed E-state index contributed by atoms with van der Waals surface area (Å²) < 4.78 is 42.5. The van der Waals surface area contributed by atoms with E-state index in [1.807, 2.05) is 35.2 Å². The van der Waals surface area contributed by atoms with Gasteiger partial charge in [0.25, 0.3) is 0 Å². The van der Waals surface area contributed by atoms with Gasteiger partial charge in [-0.15, -0.1) is 0 Å². The summed E-state index contributed by atoms with van der Waals surface area (Å²) in [5.41, 5.74) is 0.183. The standard InChI is InChI=1S/C37H29F2N3O7/c38-23-6-8-24(9-7-23)42-21-27(37(46)47)36(45)26-18-28(39)30(19-29(26)42)41-12-10-40(11-13-41)14-15-48-25-16-31(43)35-32(44)20-33(49-34(35)17-25)22-4-2-1-3-5-22/h1-9,16-21,43H,10-15H2,(H,46,47). The second kappa shape index (κ2) is 12.9. The summed E-state index contributed by atoms with van der Waals surface area (Å²) in [6, 6.07) is 21.4. The fourth-order valence-electron chi connectivity index (χ4n) is 6.12. The summed E-state index contributed by atoms with van der Waals surface area (Å²) in [6.45, 7) is 2.86. The molecular formula is C37H29F2N3O7. The van der Waals surface area contributed by atoms with Gasteiger partial charge in [0.2, 0.25) is 5.43 Å². The van der Waals surface area contributed by atoms with Crippen molar-refractivity contribution in [2.45, 2.75) is 0 Å². The lowest BCUT2D eigenvalue weighted by Gasteiger charge is -2.36. The van der Waals surface area contributed by atoms with Crippen LogP contribution in [-0.4, -0.2) is 65.0 Å². The molecule has 0 bridgehead atoms. The maximum atomic E-state index is 15.5. The number of rotatable bonds is 8. The number of aromatic hydroxyl groups is 1. The van der Waals surface area contributed by atoms with Gasteiger partial charge in [-0.1, -0.05) is 30.3 Å². The quantitative estimate of drug-likeness (QED) is 0.212. The number of hydrogen-bond acceptors (Lipinski definition) is 8. The molecular weight excluding hydrogens is 636 g/mol. The number of carboxylic acids is 1. The highest BCUT2D eigenvalue weighted by molar-refractivity contribution is 5.94. The fourth-order valence-corrected chi connectivity index (χ4v) is 6.12. The maximum Gasteiger partial charge on any atom is 0.341 e. The van der Waals surface area contributed by atoms with E-state index in [0.717, 1.165) is 11.6 Å². The Labute approximate surface area is 277 Å². The Morgan fingerprint density at radius 2 is 1.63 bits per heavy atom. The van der Waals surface area contributed by atoms with Crippen molar-refractivity contribution in [1.29, 1.82) is 0 Å². The molecule has 0 unspecified atom stereocenters. The number of phenolic OH excluding ortho intramolecular Hbond substituents is 1. The van der Waals surface area contributed by atoms with Crippen LogP contribution in [-0.2, 0) is 0 Å². The van der Waals surface area contributed by atoms with Crippen molar-refractivity contribution in [3.8, 4) is 28.5 Å². The second-order valence-electron chi connectivity index (χ2n) is 11.7. The van der Waals surface area contributed by atoms with Crippen LogP contribution in [0.4, 0.5) is 14.5 Å². The van der Waals surface area contributed by atoms with Crippen molar-refractivity contribution < 1.29 is 32.9 Å². The number of anilines is 1. The molecule has 1 fully saturated rings. The molecule has 12 heteroatoms. The van der Waals surface area contributed by atoms with E-state index in [4.69, 9.17) is 9.15 Å². The highest BCUT2D eigenvalue weighted by Gasteiger charge is 2.23. The molecule has 248 valence electrons. The largest absolute Gasteiger partial charge is 0.507 e. The number of carbonyl (C=O) groups is 1. The van der Waals surface area contributed by atoms with Crippen LogP contribution in [0.1, 0.15) is 10.4 Å². The van der Waals surface area contributed by atoms with Crippen LogP contribution >= 0.6 is 0 Å². The zero-order valence-electron chi connectivity index (χ0n) is 25.9.